The van der Waals surface area contributed by atoms with Gasteiger partial charge < -0.3 is 15.3 Å². The molecule has 0 aliphatic heterocycles. The molecule has 0 amide bonds. The molecule has 0 heterocycles. The zero-order valence-electron chi connectivity index (χ0n) is 33.2. The molecule has 0 saturated carbocycles. The molecular weight excluding hydrogens is 669 g/mol. The summed E-state index contributed by atoms with van der Waals surface area (Å²) in [6, 6.07) is 24.0. The summed E-state index contributed by atoms with van der Waals surface area (Å²) in [7, 11) is 0. The Kier molecular flexibility index (Phi) is 13.2. The summed E-state index contributed by atoms with van der Waals surface area (Å²) in [5, 5.41) is 30.5. The van der Waals surface area contributed by atoms with Gasteiger partial charge in [0.2, 0.25) is 0 Å². The molecule has 0 atom stereocenters. The van der Waals surface area contributed by atoms with Crippen LogP contribution in [0.15, 0.2) is 72.8 Å². The number of carbonyl (C=O) groups is 2. The number of aromatic carboxylic acids is 1. The van der Waals surface area contributed by atoms with Gasteiger partial charge in [-0.1, -0.05) is 101 Å². The van der Waals surface area contributed by atoms with Crippen LogP contribution in [-0.4, -0.2) is 27.1 Å². The molecule has 5 rings (SSSR count). The minimum atomic E-state index is -1.15. The summed E-state index contributed by atoms with van der Waals surface area (Å²) >= 11 is 0. The average molecular weight is 725 g/mol. The number of ketones is 1. The molecule has 0 radical (unpaired) electrons. The molecule has 5 heteroatoms. The van der Waals surface area contributed by atoms with Crippen LogP contribution in [0.1, 0.15) is 126 Å². The van der Waals surface area contributed by atoms with E-state index in [1.54, 1.807) is 24.3 Å². The summed E-state index contributed by atoms with van der Waals surface area (Å²) < 4.78 is 0. The van der Waals surface area contributed by atoms with Gasteiger partial charge in [0.15, 0.2) is 5.78 Å². The van der Waals surface area contributed by atoms with Gasteiger partial charge in [0.1, 0.15) is 17.1 Å². The molecule has 5 aromatic rings. The van der Waals surface area contributed by atoms with E-state index in [1.807, 2.05) is 6.07 Å². The molecule has 0 aliphatic rings. The molecule has 54 heavy (non-hydrogen) atoms. The third-order valence-corrected chi connectivity index (χ3v) is 10.9. The number of hydrogen-bond donors (Lipinski definition) is 3. The minimum Gasteiger partial charge on any atom is -0.507 e. The van der Waals surface area contributed by atoms with Crippen molar-refractivity contribution in [1.82, 2.24) is 0 Å². The van der Waals surface area contributed by atoms with Crippen LogP contribution in [0.4, 0.5) is 0 Å². The first-order chi connectivity index (χ1) is 25.8. The number of phenols is 2. The van der Waals surface area contributed by atoms with Crippen molar-refractivity contribution < 1.29 is 24.9 Å². The lowest BCUT2D eigenvalue weighted by molar-refractivity contribution is 0.0693. The van der Waals surface area contributed by atoms with Crippen molar-refractivity contribution in [3.05, 3.63) is 117 Å². The molecule has 0 spiro atoms. The third-order valence-electron chi connectivity index (χ3n) is 10.9. The van der Waals surface area contributed by atoms with Crippen molar-refractivity contribution in [2.75, 3.05) is 0 Å². The van der Waals surface area contributed by atoms with Crippen LogP contribution in [0.5, 0.6) is 11.5 Å². The van der Waals surface area contributed by atoms with Crippen LogP contribution < -0.4 is 0 Å². The van der Waals surface area contributed by atoms with Crippen molar-refractivity contribution in [3.8, 4) is 56.0 Å². The van der Waals surface area contributed by atoms with E-state index in [1.165, 1.54) is 90.5 Å². The molecule has 0 aliphatic carbocycles. The molecule has 0 bridgehead atoms. The fourth-order valence-electron chi connectivity index (χ4n) is 7.80. The number of rotatable bonds is 16. The van der Waals surface area contributed by atoms with Crippen molar-refractivity contribution in [3.63, 3.8) is 0 Å². The Morgan fingerprint density at radius 2 is 0.870 bits per heavy atom. The van der Waals surface area contributed by atoms with E-state index in [0.717, 1.165) is 64.6 Å². The lowest BCUT2D eigenvalue weighted by Gasteiger charge is -2.22. The second-order valence-corrected chi connectivity index (χ2v) is 15.1. The lowest BCUT2D eigenvalue weighted by atomic mass is 9.82. The van der Waals surface area contributed by atoms with Crippen molar-refractivity contribution in [2.45, 2.75) is 113 Å². The van der Waals surface area contributed by atoms with Crippen molar-refractivity contribution >= 4 is 11.8 Å². The monoisotopic (exact) mass is 724 g/mol. The van der Waals surface area contributed by atoms with E-state index < -0.39 is 5.97 Å². The fourth-order valence-corrected chi connectivity index (χ4v) is 7.80. The molecule has 0 saturated heterocycles. The highest BCUT2D eigenvalue weighted by molar-refractivity contribution is 5.97. The van der Waals surface area contributed by atoms with Crippen LogP contribution >= 0.6 is 0 Å². The Morgan fingerprint density at radius 1 is 0.481 bits per heavy atom. The number of Topliss-reactive ketones (excluding diaryl/α,β-unsaturated/α-hetero) is 1. The van der Waals surface area contributed by atoms with Crippen LogP contribution in [0.25, 0.3) is 44.5 Å². The standard InChI is InChI=1S/C49H56O5/c1-8-10-12-14-16-35-27-46(44-25-31(4)42(23-33(44)6)38-19-21-40(49(53)54)48(52)29-38)36(17-15-13-11-9-2)26-45(35)43-24-30(3)41(22-32(43)5)37-18-20-39(34(7)50)47(51)28-37/h18-29,51-52H,8-17H2,1-7H3,(H,53,54). The Balaban J connectivity index is 1.66. The number of benzene rings is 5. The zero-order valence-corrected chi connectivity index (χ0v) is 33.2. The van der Waals surface area contributed by atoms with Crippen LogP contribution in [-0.2, 0) is 12.8 Å². The summed E-state index contributed by atoms with van der Waals surface area (Å²) in [5.74, 6) is -1.53. The maximum atomic E-state index is 12.0. The van der Waals surface area contributed by atoms with E-state index in [4.69, 9.17) is 0 Å². The molecule has 0 aromatic heterocycles. The molecule has 282 valence electrons. The second kappa shape index (κ2) is 17.8. The van der Waals surface area contributed by atoms with E-state index in [2.05, 4.69) is 77.9 Å². The number of carbonyl (C=O) groups excluding carboxylic acids is 1. The van der Waals surface area contributed by atoms with Crippen molar-refractivity contribution in [1.29, 1.82) is 0 Å². The minimum absolute atomic E-state index is 0.00611. The average Bonchev–Trinajstić information content (AvgIpc) is 3.13. The number of aromatic hydroxyl groups is 2. The summed E-state index contributed by atoms with van der Waals surface area (Å²) in [5.41, 5.74) is 16.0. The zero-order chi connectivity index (χ0) is 39.1. The molecule has 5 aromatic carbocycles. The van der Waals surface area contributed by atoms with E-state index >= 15 is 0 Å². The maximum Gasteiger partial charge on any atom is 0.339 e. The van der Waals surface area contributed by atoms with Crippen LogP contribution in [0.2, 0.25) is 0 Å². The fraction of sp³-hybridized carbons (Fsp3) is 0.347. The van der Waals surface area contributed by atoms with E-state index in [9.17, 15) is 24.9 Å². The highest BCUT2D eigenvalue weighted by Crippen LogP contribution is 2.41. The summed E-state index contributed by atoms with van der Waals surface area (Å²) in [6.45, 7) is 14.5. The normalized spacial score (nSPS) is 11.2. The van der Waals surface area contributed by atoms with Gasteiger partial charge in [-0.2, -0.15) is 0 Å². The third kappa shape index (κ3) is 8.95. The predicted molar refractivity (Wildman–Crippen MR) is 223 cm³/mol. The Bertz CT molecular complexity index is 2020. The van der Waals surface area contributed by atoms with E-state index in [-0.39, 0.29) is 22.8 Å². The highest BCUT2D eigenvalue weighted by atomic mass is 16.4. The Morgan fingerprint density at radius 3 is 1.24 bits per heavy atom. The number of unbranched alkanes of at least 4 members (excludes halogenated alkanes) is 6. The van der Waals surface area contributed by atoms with Crippen LogP contribution in [0.3, 0.4) is 0 Å². The summed E-state index contributed by atoms with van der Waals surface area (Å²) in [6.07, 6.45) is 11.3. The highest BCUT2D eigenvalue weighted by Gasteiger charge is 2.20. The van der Waals surface area contributed by atoms with Gasteiger partial charge in [-0.15, -0.1) is 0 Å². The van der Waals surface area contributed by atoms with E-state index in [0.29, 0.717) is 5.56 Å². The number of aryl methyl sites for hydroxylation is 6. The first kappa shape index (κ1) is 40.0. The SMILES string of the molecule is CCCCCCc1cc(-c2cc(C)c(-c3ccc(C(=O)O)c(O)c3)cc2C)c(CCCCCC)cc1-c1cc(C)c(-c2ccc(C(C)=O)c(O)c2)cc1C. The number of carboxylic acid groups (broad SMARTS) is 1. The maximum absolute atomic E-state index is 12.0. The quantitative estimate of drug-likeness (QED) is 0.0695. The second-order valence-electron chi connectivity index (χ2n) is 15.1. The van der Waals surface area contributed by atoms with Gasteiger partial charge in [-0.05, 0) is 162 Å². The molecule has 0 fully saturated rings. The van der Waals surface area contributed by atoms with Crippen LogP contribution in [0, 0.1) is 27.7 Å². The lowest BCUT2D eigenvalue weighted by Crippen LogP contribution is -2.02. The largest absolute Gasteiger partial charge is 0.507 e. The molecular formula is C49H56O5. The Hall–Kier alpha value is -5.16. The number of phenolic OH excluding ortho intramolecular Hbond substituents is 1. The molecule has 3 N–H and O–H groups in total. The van der Waals surface area contributed by atoms with Gasteiger partial charge in [-0.25, -0.2) is 4.79 Å². The first-order valence-corrected chi connectivity index (χ1v) is 19.6. The van der Waals surface area contributed by atoms with Gasteiger partial charge >= 0.3 is 5.97 Å². The number of hydrogen-bond acceptors (Lipinski definition) is 4. The van der Waals surface area contributed by atoms with Gasteiger partial charge in [0.25, 0.3) is 0 Å². The topological polar surface area (TPSA) is 94.8 Å². The first-order valence-electron chi connectivity index (χ1n) is 19.6. The smallest absolute Gasteiger partial charge is 0.339 e. The van der Waals surface area contributed by atoms with Crippen molar-refractivity contribution in [2.24, 2.45) is 0 Å². The number of carboxylic acids is 1. The van der Waals surface area contributed by atoms with Gasteiger partial charge in [-0.3, -0.25) is 4.79 Å². The summed E-state index contributed by atoms with van der Waals surface area (Å²) in [4.78, 5) is 23.5. The van der Waals surface area contributed by atoms with Gasteiger partial charge in [0, 0.05) is 0 Å². The van der Waals surface area contributed by atoms with Gasteiger partial charge in [0.05, 0.1) is 5.56 Å². The molecule has 5 nitrogen and oxygen atoms in total. The predicted octanol–water partition coefficient (Wildman–Crippen LogP) is 13.1. The molecule has 0 unspecified atom stereocenters. The Labute approximate surface area is 321 Å².